The Bertz CT molecular complexity index is 1940. The third-order valence-electron chi connectivity index (χ3n) is 11.4. The summed E-state index contributed by atoms with van der Waals surface area (Å²) in [6.45, 7) is 7.68. The molecule has 1 spiro atoms. The van der Waals surface area contributed by atoms with Crippen molar-refractivity contribution in [1.29, 1.82) is 0 Å². The van der Waals surface area contributed by atoms with Crippen LogP contribution < -0.4 is 19.7 Å². The predicted octanol–water partition coefficient (Wildman–Crippen LogP) is 6.13. The quantitative estimate of drug-likeness (QED) is 0.188. The van der Waals surface area contributed by atoms with Crippen molar-refractivity contribution in [2.45, 2.75) is 63.1 Å². The van der Waals surface area contributed by atoms with Crippen LogP contribution in [0.15, 0.2) is 103 Å². The van der Waals surface area contributed by atoms with Gasteiger partial charge in [-0.3, -0.25) is 19.3 Å². The summed E-state index contributed by atoms with van der Waals surface area (Å²) in [7, 11) is -0.886. The van der Waals surface area contributed by atoms with E-state index in [0.29, 0.717) is 19.5 Å². The molecule has 2 fully saturated rings. The molecule has 0 unspecified atom stereocenters. The molecule has 0 saturated carbocycles. The zero-order chi connectivity index (χ0) is 36.6. The van der Waals surface area contributed by atoms with Gasteiger partial charge in [0.1, 0.15) is 5.75 Å². The van der Waals surface area contributed by atoms with Crippen LogP contribution in [0.4, 0.5) is 17.1 Å². The molecule has 1 N–H and O–H groups in total. The molecule has 3 aliphatic rings. The normalized spacial score (nSPS) is 22.7. The maximum absolute atomic E-state index is 15.3. The first-order valence-electron chi connectivity index (χ1n) is 18.2. The Labute approximate surface area is 306 Å². The van der Waals surface area contributed by atoms with Gasteiger partial charge in [-0.15, -0.1) is 0 Å². The maximum atomic E-state index is 15.3. The van der Waals surface area contributed by atoms with Crippen molar-refractivity contribution < 1.29 is 29.0 Å². The molecule has 0 bridgehead atoms. The fourth-order valence-corrected chi connectivity index (χ4v) is 12.9. The molecule has 2 saturated heterocycles. The number of ether oxygens (including phenoxy) is 2. The number of aliphatic hydroxyl groups excluding tert-OH is 1. The highest BCUT2D eigenvalue weighted by molar-refractivity contribution is 6.91. The molecular formula is C42H47N3O6Si. The van der Waals surface area contributed by atoms with Crippen molar-refractivity contribution in [3.8, 4) is 5.75 Å². The van der Waals surface area contributed by atoms with E-state index >= 15 is 4.79 Å². The van der Waals surface area contributed by atoms with E-state index in [4.69, 9.17) is 9.47 Å². The Morgan fingerprint density at radius 3 is 2.29 bits per heavy atom. The number of nitrogens with zero attached hydrogens (tertiary/aromatic N) is 3. The van der Waals surface area contributed by atoms with Crippen LogP contribution in [0.25, 0.3) is 0 Å². The Kier molecular flexibility index (Phi) is 9.82. The Morgan fingerprint density at radius 1 is 0.962 bits per heavy atom. The van der Waals surface area contributed by atoms with Crippen LogP contribution in [0.2, 0.25) is 18.6 Å². The summed E-state index contributed by atoms with van der Waals surface area (Å²) in [6.07, 6.45) is 0.720. The lowest BCUT2D eigenvalue weighted by molar-refractivity contribution is -0.149. The van der Waals surface area contributed by atoms with E-state index in [-0.39, 0.29) is 48.8 Å². The highest BCUT2D eigenvalue weighted by Crippen LogP contribution is 2.61. The fourth-order valence-electron chi connectivity index (χ4n) is 8.87. The van der Waals surface area contributed by atoms with Crippen molar-refractivity contribution >= 4 is 48.0 Å². The van der Waals surface area contributed by atoms with Gasteiger partial charge in [-0.25, -0.2) is 0 Å². The molecule has 4 atom stereocenters. The van der Waals surface area contributed by atoms with E-state index in [1.54, 1.807) is 21.8 Å². The third-order valence-corrected chi connectivity index (χ3v) is 15.8. The number of carbonyl (C=O) groups excluding carboxylic acids is 3. The molecule has 7 rings (SSSR count). The van der Waals surface area contributed by atoms with Gasteiger partial charge in [0.15, 0.2) is 5.60 Å². The van der Waals surface area contributed by atoms with Crippen LogP contribution in [0.5, 0.6) is 5.75 Å². The van der Waals surface area contributed by atoms with Gasteiger partial charge in [0.25, 0.3) is 5.91 Å². The van der Waals surface area contributed by atoms with Gasteiger partial charge in [-0.1, -0.05) is 85.9 Å². The minimum Gasteiger partial charge on any atom is -0.497 e. The maximum Gasteiger partial charge on any atom is 0.268 e. The summed E-state index contributed by atoms with van der Waals surface area (Å²) in [4.78, 5) is 47.9. The molecule has 3 amide bonds. The predicted molar refractivity (Wildman–Crippen MR) is 205 cm³/mol. The summed E-state index contributed by atoms with van der Waals surface area (Å²) in [5.41, 5.74) is 2.32. The summed E-state index contributed by atoms with van der Waals surface area (Å²) in [6, 6.07) is 33.3. The molecule has 4 aromatic carbocycles. The van der Waals surface area contributed by atoms with Crippen molar-refractivity contribution in [1.82, 2.24) is 4.90 Å². The van der Waals surface area contributed by atoms with Crippen LogP contribution in [-0.4, -0.2) is 68.7 Å². The first-order valence-corrected chi connectivity index (χ1v) is 21.3. The van der Waals surface area contributed by atoms with E-state index in [2.05, 4.69) is 32.2 Å². The second-order valence-electron chi connectivity index (χ2n) is 14.7. The molecular weight excluding hydrogens is 671 g/mol. The Hall–Kier alpha value is -4.77. The monoisotopic (exact) mass is 717 g/mol. The average molecular weight is 718 g/mol. The van der Waals surface area contributed by atoms with Crippen molar-refractivity contribution in [2.75, 3.05) is 36.6 Å². The van der Waals surface area contributed by atoms with Crippen LogP contribution in [-0.2, 0) is 31.3 Å². The third kappa shape index (κ3) is 6.12. The number of hydrogen-bond acceptors (Lipinski definition) is 6. The Balaban J connectivity index is 1.35. The summed E-state index contributed by atoms with van der Waals surface area (Å²) < 4.78 is 12.8. The van der Waals surface area contributed by atoms with Crippen molar-refractivity contribution in [3.05, 3.63) is 114 Å². The number of methoxy groups -OCH3 is 1. The molecule has 0 radical (unpaired) electrons. The number of amides is 3. The van der Waals surface area contributed by atoms with E-state index in [1.165, 1.54) is 5.19 Å². The summed E-state index contributed by atoms with van der Waals surface area (Å²) in [5.74, 6) is 0.158. The number of para-hydroxylation sites is 1. The zero-order valence-corrected chi connectivity index (χ0v) is 31.3. The lowest BCUT2D eigenvalue weighted by Crippen LogP contribution is -2.52. The summed E-state index contributed by atoms with van der Waals surface area (Å²) in [5, 5.41) is 11.2. The molecule has 3 aliphatic heterocycles. The largest absolute Gasteiger partial charge is 0.497 e. The lowest BCUT2D eigenvalue weighted by Gasteiger charge is -2.37. The number of carbonyl (C=O) groups is 3. The van der Waals surface area contributed by atoms with Crippen molar-refractivity contribution in [2.24, 2.45) is 5.92 Å². The smallest absolute Gasteiger partial charge is 0.268 e. The molecule has 4 aromatic rings. The van der Waals surface area contributed by atoms with Gasteiger partial charge in [0.05, 0.1) is 40.0 Å². The highest BCUT2D eigenvalue weighted by atomic mass is 28.3. The Morgan fingerprint density at radius 2 is 1.65 bits per heavy atom. The minimum atomic E-state index is -2.53. The summed E-state index contributed by atoms with van der Waals surface area (Å²) >= 11 is 0. The zero-order valence-electron chi connectivity index (χ0n) is 30.3. The molecule has 3 heterocycles. The molecule has 0 aliphatic carbocycles. The SMILES string of the molecule is COc1ccc([Si](C)(C)[C@H]2[C@H](CC(=O)N(CCO)Cc3ccccc3)O[C@@]3(C(=O)N(c4ccccc4)c4ccc(N5CCCC5=O)cc43)[C@@H]2C)cc1. The topological polar surface area (TPSA) is 99.6 Å². The standard InChI is InChI=1S/C42H47N3O6Si/c1-29-40(52(3,4)34-20-18-33(50-2)19-21-34)37(27-39(48)43(24-25-46)28-30-12-7-5-8-13-30)51-42(29)35-26-32(44-23-11-16-38(44)47)17-22-36(35)45(41(42)49)31-14-9-6-10-15-31/h5-10,12-15,17-22,26,29,37,40,46H,11,16,23-25,27-28H2,1-4H3/t29-,37+,40-,42+/m1/s1. The van der Waals surface area contributed by atoms with E-state index in [9.17, 15) is 14.7 Å². The van der Waals surface area contributed by atoms with Crippen LogP contribution >= 0.6 is 0 Å². The van der Waals surface area contributed by atoms with Crippen LogP contribution in [0, 0.1) is 5.92 Å². The number of hydrogen-bond donors (Lipinski definition) is 1. The molecule has 52 heavy (non-hydrogen) atoms. The minimum absolute atomic E-state index is 0.0500. The van der Waals surface area contributed by atoms with Crippen LogP contribution in [0.1, 0.15) is 37.3 Å². The average Bonchev–Trinajstić information content (AvgIpc) is 3.80. The first kappa shape index (κ1) is 35.6. The van der Waals surface area contributed by atoms with E-state index in [0.717, 1.165) is 40.4 Å². The van der Waals surface area contributed by atoms with Gasteiger partial charge in [-0.05, 0) is 60.0 Å². The van der Waals surface area contributed by atoms with E-state index in [1.807, 2.05) is 91.0 Å². The number of rotatable bonds is 11. The molecule has 0 aromatic heterocycles. The van der Waals surface area contributed by atoms with Gasteiger partial charge in [0, 0.05) is 48.9 Å². The van der Waals surface area contributed by atoms with Gasteiger partial charge >= 0.3 is 0 Å². The van der Waals surface area contributed by atoms with Gasteiger partial charge < -0.3 is 24.4 Å². The van der Waals surface area contributed by atoms with Crippen LogP contribution in [0.3, 0.4) is 0 Å². The number of fused-ring (bicyclic) bond motifs is 2. The van der Waals surface area contributed by atoms with Gasteiger partial charge in [-0.2, -0.15) is 0 Å². The van der Waals surface area contributed by atoms with E-state index < -0.39 is 19.8 Å². The second-order valence-corrected chi connectivity index (χ2v) is 19.4. The molecule has 270 valence electrons. The number of benzene rings is 4. The number of aliphatic hydroxyl groups is 1. The lowest BCUT2D eigenvalue weighted by atomic mass is 9.82. The first-order chi connectivity index (χ1) is 25.1. The number of anilines is 3. The van der Waals surface area contributed by atoms with Crippen molar-refractivity contribution in [3.63, 3.8) is 0 Å². The van der Waals surface area contributed by atoms with Gasteiger partial charge in [0.2, 0.25) is 11.8 Å². The highest BCUT2D eigenvalue weighted by Gasteiger charge is 2.67. The molecule has 9 nitrogen and oxygen atoms in total. The fraction of sp³-hybridized carbons (Fsp3) is 0.357. The second kappa shape index (κ2) is 14.3. The molecule has 10 heteroatoms.